The molecule has 0 bridgehead atoms. The van der Waals surface area contributed by atoms with Gasteiger partial charge >= 0.3 is 12.0 Å². The molecular formula is C12H14ClFN2O3. The van der Waals surface area contributed by atoms with Crippen LogP contribution in [0.2, 0.25) is 5.02 Å². The van der Waals surface area contributed by atoms with Gasteiger partial charge < -0.3 is 15.7 Å². The summed E-state index contributed by atoms with van der Waals surface area (Å²) in [5, 5.41) is 13.2. The van der Waals surface area contributed by atoms with Crippen molar-refractivity contribution < 1.29 is 19.1 Å². The van der Waals surface area contributed by atoms with Gasteiger partial charge in [0.2, 0.25) is 0 Å². The maximum atomic E-state index is 13.5. The van der Waals surface area contributed by atoms with Gasteiger partial charge in [-0.15, -0.1) is 0 Å². The SMILES string of the molecule is CCC[C@@H](NC(=O)Nc1cccc(Cl)c1F)C(=O)O. The first-order chi connectivity index (χ1) is 8.95. The van der Waals surface area contributed by atoms with Crippen LogP contribution in [0.5, 0.6) is 0 Å². The van der Waals surface area contributed by atoms with Gasteiger partial charge in [-0.2, -0.15) is 0 Å². The van der Waals surface area contributed by atoms with Crippen molar-refractivity contribution in [3.8, 4) is 0 Å². The lowest BCUT2D eigenvalue weighted by atomic mass is 10.2. The zero-order valence-electron chi connectivity index (χ0n) is 10.2. The number of carbonyl (C=O) groups is 2. The summed E-state index contributed by atoms with van der Waals surface area (Å²) in [5.74, 6) is -1.90. The second-order valence-electron chi connectivity index (χ2n) is 3.88. The maximum Gasteiger partial charge on any atom is 0.326 e. The second-order valence-corrected chi connectivity index (χ2v) is 4.29. The van der Waals surface area contributed by atoms with Crippen LogP contribution < -0.4 is 10.6 Å². The van der Waals surface area contributed by atoms with E-state index in [9.17, 15) is 14.0 Å². The van der Waals surface area contributed by atoms with Crippen LogP contribution in [0, 0.1) is 5.82 Å². The van der Waals surface area contributed by atoms with Crippen molar-refractivity contribution >= 4 is 29.3 Å². The van der Waals surface area contributed by atoms with E-state index in [-0.39, 0.29) is 10.7 Å². The molecule has 19 heavy (non-hydrogen) atoms. The average Bonchev–Trinajstić information content (AvgIpc) is 2.34. The molecule has 1 aromatic rings. The Morgan fingerprint density at radius 1 is 1.47 bits per heavy atom. The molecule has 104 valence electrons. The Morgan fingerprint density at radius 2 is 2.16 bits per heavy atom. The minimum atomic E-state index is -1.14. The Balaban J connectivity index is 2.69. The largest absolute Gasteiger partial charge is 0.480 e. The summed E-state index contributed by atoms with van der Waals surface area (Å²) in [7, 11) is 0. The number of hydrogen-bond acceptors (Lipinski definition) is 2. The van der Waals surface area contributed by atoms with Crippen LogP contribution in [-0.2, 0) is 4.79 Å². The fourth-order valence-electron chi connectivity index (χ4n) is 1.46. The topological polar surface area (TPSA) is 78.4 Å². The number of anilines is 1. The molecule has 0 fully saturated rings. The van der Waals surface area contributed by atoms with E-state index in [0.717, 1.165) is 0 Å². The lowest BCUT2D eigenvalue weighted by Crippen LogP contribution is -2.43. The van der Waals surface area contributed by atoms with Crippen molar-refractivity contribution in [2.45, 2.75) is 25.8 Å². The third-order valence-electron chi connectivity index (χ3n) is 2.38. The van der Waals surface area contributed by atoms with Gasteiger partial charge in [-0.25, -0.2) is 14.0 Å². The zero-order chi connectivity index (χ0) is 14.4. The highest BCUT2D eigenvalue weighted by Gasteiger charge is 2.19. The molecule has 0 unspecified atom stereocenters. The molecule has 1 rings (SSSR count). The van der Waals surface area contributed by atoms with E-state index in [1.807, 2.05) is 0 Å². The second kappa shape index (κ2) is 6.94. The maximum absolute atomic E-state index is 13.5. The number of aliphatic carboxylic acids is 1. The molecule has 1 atom stereocenters. The number of urea groups is 1. The fraction of sp³-hybridized carbons (Fsp3) is 0.333. The van der Waals surface area contributed by atoms with E-state index < -0.39 is 23.9 Å². The smallest absolute Gasteiger partial charge is 0.326 e. The van der Waals surface area contributed by atoms with Crippen LogP contribution >= 0.6 is 11.6 Å². The first-order valence-corrected chi connectivity index (χ1v) is 6.07. The fourth-order valence-corrected chi connectivity index (χ4v) is 1.64. The molecule has 0 radical (unpaired) electrons. The molecule has 0 saturated carbocycles. The molecule has 2 amide bonds. The quantitative estimate of drug-likeness (QED) is 0.779. The standard InChI is InChI=1S/C12H14ClFN2O3/c1-2-4-9(11(17)18)16-12(19)15-8-6-3-5-7(13)10(8)14/h3,5-6,9H,2,4H2,1H3,(H,17,18)(H2,15,16,19)/t9-/m1/s1. The first-order valence-electron chi connectivity index (χ1n) is 5.70. The first kappa shape index (κ1) is 15.2. The monoisotopic (exact) mass is 288 g/mol. The number of nitrogens with one attached hydrogen (secondary N) is 2. The highest BCUT2D eigenvalue weighted by Crippen LogP contribution is 2.21. The van der Waals surface area contributed by atoms with Gasteiger partial charge in [0.25, 0.3) is 0 Å². The van der Waals surface area contributed by atoms with E-state index in [2.05, 4.69) is 10.6 Å². The molecular weight excluding hydrogens is 275 g/mol. The van der Waals surface area contributed by atoms with E-state index in [1.54, 1.807) is 6.92 Å². The number of rotatable bonds is 5. The molecule has 0 saturated heterocycles. The van der Waals surface area contributed by atoms with Gasteiger partial charge in [0, 0.05) is 0 Å². The molecule has 0 aliphatic heterocycles. The molecule has 0 aliphatic carbocycles. The number of hydrogen-bond donors (Lipinski definition) is 3. The molecule has 5 nitrogen and oxygen atoms in total. The summed E-state index contributed by atoms with van der Waals surface area (Å²) in [6.45, 7) is 1.80. The van der Waals surface area contributed by atoms with Gasteiger partial charge in [-0.1, -0.05) is 31.0 Å². The van der Waals surface area contributed by atoms with Crippen molar-refractivity contribution in [2.75, 3.05) is 5.32 Å². The summed E-state index contributed by atoms with van der Waals surface area (Å²) in [6.07, 6.45) is 0.892. The number of benzene rings is 1. The number of carboxylic acids is 1. The zero-order valence-corrected chi connectivity index (χ0v) is 11.0. The Hall–Kier alpha value is -1.82. The Labute approximate surface area is 114 Å². The Bertz CT molecular complexity index is 482. The molecule has 0 aromatic heterocycles. The average molecular weight is 289 g/mol. The highest BCUT2D eigenvalue weighted by molar-refractivity contribution is 6.31. The lowest BCUT2D eigenvalue weighted by molar-refractivity contribution is -0.139. The van der Waals surface area contributed by atoms with Crippen LogP contribution in [0.1, 0.15) is 19.8 Å². The Morgan fingerprint density at radius 3 is 2.74 bits per heavy atom. The van der Waals surface area contributed by atoms with E-state index in [4.69, 9.17) is 16.7 Å². The Kier molecular flexibility index (Phi) is 5.57. The van der Waals surface area contributed by atoms with Crippen molar-refractivity contribution in [3.05, 3.63) is 29.0 Å². The highest BCUT2D eigenvalue weighted by atomic mass is 35.5. The minimum absolute atomic E-state index is 0.106. The molecule has 0 spiro atoms. The molecule has 7 heteroatoms. The third-order valence-corrected chi connectivity index (χ3v) is 2.67. The predicted octanol–water partition coefficient (Wildman–Crippen LogP) is 2.85. The molecule has 0 heterocycles. The van der Waals surface area contributed by atoms with Gasteiger partial charge in [0.05, 0.1) is 10.7 Å². The summed E-state index contributed by atoms with van der Waals surface area (Å²) in [6, 6.07) is 2.35. The van der Waals surface area contributed by atoms with Crippen LogP contribution in [0.3, 0.4) is 0 Å². The minimum Gasteiger partial charge on any atom is -0.480 e. The summed E-state index contributed by atoms with van der Waals surface area (Å²) in [4.78, 5) is 22.4. The predicted molar refractivity (Wildman–Crippen MR) is 69.9 cm³/mol. The van der Waals surface area contributed by atoms with E-state index in [0.29, 0.717) is 12.8 Å². The van der Waals surface area contributed by atoms with Crippen LogP contribution in [0.15, 0.2) is 18.2 Å². The van der Waals surface area contributed by atoms with Crippen molar-refractivity contribution in [1.29, 1.82) is 0 Å². The van der Waals surface area contributed by atoms with E-state index in [1.165, 1.54) is 18.2 Å². The third kappa shape index (κ3) is 4.40. The summed E-state index contributed by atoms with van der Waals surface area (Å²) >= 11 is 5.56. The summed E-state index contributed by atoms with van der Waals surface area (Å²) < 4.78 is 13.5. The van der Waals surface area contributed by atoms with Crippen molar-refractivity contribution in [2.24, 2.45) is 0 Å². The van der Waals surface area contributed by atoms with Crippen molar-refractivity contribution in [1.82, 2.24) is 5.32 Å². The van der Waals surface area contributed by atoms with Gasteiger partial charge in [0.15, 0.2) is 5.82 Å². The van der Waals surface area contributed by atoms with Gasteiger partial charge in [-0.3, -0.25) is 0 Å². The number of amides is 2. The van der Waals surface area contributed by atoms with Gasteiger partial charge in [-0.05, 0) is 18.6 Å². The van der Waals surface area contributed by atoms with Crippen LogP contribution in [0.4, 0.5) is 14.9 Å². The number of halogens is 2. The van der Waals surface area contributed by atoms with Crippen LogP contribution in [-0.4, -0.2) is 23.1 Å². The lowest BCUT2D eigenvalue weighted by Gasteiger charge is -2.14. The molecule has 3 N–H and O–H groups in total. The van der Waals surface area contributed by atoms with Crippen molar-refractivity contribution in [3.63, 3.8) is 0 Å². The van der Waals surface area contributed by atoms with Gasteiger partial charge in [0.1, 0.15) is 6.04 Å². The molecule has 1 aromatic carbocycles. The summed E-state index contributed by atoms with van der Waals surface area (Å²) in [5.41, 5.74) is -0.106. The molecule has 0 aliphatic rings. The normalized spacial score (nSPS) is 11.7. The van der Waals surface area contributed by atoms with E-state index >= 15 is 0 Å². The number of carbonyl (C=O) groups excluding carboxylic acids is 1. The number of carboxylic acid groups (broad SMARTS) is 1. The van der Waals surface area contributed by atoms with Crippen LogP contribution in [0.25, 0.3) is 0 Å².